The van der Waals surface area contributed by atoms with Gasteiger partial charge in [-0.05, 0) is 36.4 Å². The fourth-order valence-electron chi connectivity index (χ4n) is 2.56. The van der Waals surface area contributed by atoms with Crippen LogP contribution < -0.4 is 15.0 Å². The van der Waals surface area contributed by atoms with E-state index in [1.807, 2.05) is 18.2 Å². The summed E-state index contributed by atoms with van der Waals surface area (Å²) in [7, 11) is 1.57. The molecule has 0 bridgehead atoms. The van der Waals surface area contributed by atoms with Gasteiger partial charge >= 0.3 is 0 Å². The van der Waals surface area contributed by atoms with Crippen molar-refractivity contribution in [1.82, 2.24) is 0 Å². The molecule has 1 saturated heterocycles. The molecule has 1 fully saturated rings. The number of ether oxygens (including phenoxy) is 1. The van der Waals surface area contributed by atoms with Gasteiger partial charge in [-0.2, -0.15) is 0 Å². The molecule has 118 valence electrons. The number of hydrogen-bond donors (Lipinski definition) is 1. The van der Waals surface area contributed by atoms with Gasteiger partial charge in [0.15, 0.2) is 0 Å². The molecule has 1 aliphatic heterocycles. The van der Waals surface area contributed by atoms with E-state index < -0.39 is 6.04 Å². The van der Waals surface area contributed by atoms with E-state index in [9.17, 15) is 9.59 Å². The number of imide groups is 1. The molecule has 5 nitrogen and oxygen atoms in total. The molecule has 1 N–H and O–H groups in total. The molecule has 0 spiro atoms. The van der Waals surface area contributed by atoms with E-state index in [0.717, 1.165) is 4.47 Å². The summed E-state index contributed by atoms with van der Waals surface area (Å²) < 4.78 is 6.16. The number of anilines is 2. The maximum atomic E-state index is 12.6. The van der Waals surface area contributed by atoms with Crippen molar-refractivity contribution in [3.63, 3.8) is 0 Å². The Labute approximate surface area is 142 Å². The zero-order valence-corrected chi connectivity index (χ0v) is 14.0. The Balaban J connectivity index is 1.82. The highest BCUT2D eigenvalue weighted by atomic mass is 79.9. The van der Waals surface area contributed by atoms with Gasteiger partial charge in [0.2, 0.25) is 5.91 Å². The van der Waals surface area contributed by atoms with Crippen LogP contribution in [0.3, 0.4) is 0 Å². The highest BCUT2D eigenvalue weighted by molar-refractivity contribution is 9.10. The molecule has 6 heteroatoms. The average molecular weight is 375 g/mol. The standard InChI is InChI=1S/C17H15BrN2O3/c1-23-15-5-3-2-4-13(15)19-14-10-16(21)20(17(14)22)12-8-6-11(18)7-9-12/h2-9,14,19H,10H2,1H3/t14-/m0/s1. The number of nitrogens with zero attached hydrogens (tertiary/aromatic N) is 1. The quantitative estimate of drug-likeness (QED) is 0.834. The SMILES string of the molecule is COc1ccccc1N[C@H]1CC(=O)N(c2ccc(Br)cc2)C1=O. The van der Waals surface area contributed by atoms with E-state index in [1.165, 1.54) is 4.90 Å². The molecule has 23 heavy (non-hydrogen) atoms. The van der Waals surface area contributed by atoms with Crippen LogP contribution in [-0.4, -0.2) is 25.0 Å². The first-order chi connectivity index (χ1) is 11.1. The zero-order valence-electron chi connectivity index (χ0n) is 12.5. The molecule has 3 rings (SSSR count). The van der Waals surface area contributed by atoms with Crippen LogP contribution >= 0.6 is 15.9 Å². The normalized spacial score (nSPS) is 17.5. The van der Waals surface area contributed by atoms with E-state index >= 15 is 0 Å². The van der Waals surface area contributed by atoms with Gasteiger partial charge in [-0.25, -0.2) is 4.90 Å². The third kappa shape index (κ3) is 3.07. The predicted octanol–water partition coefficient (Wildman–Crippen LogP) is 3.20. The summed E-state index contributed by atoms with van der Waals surface area (Å²) in [5.41, 5.74) is 1.27. The number of rotatable bonds is 4. The van der Waals surface area contributed by atoms with Crippen molar-refractivity contribution in [2.75, 3.05) is 17.3 Å². The van der Waals surface area contributed by atoms with Crippen molar-refractivity contribution in [1.29, 1.82) is 0 Å². The van der Waals surface area contributed by atoms with Crippen molar-refractivity contribution in [3.05, 3.63) is 53.0 Å². The third-order valence-electron chi connectivity index (χ3n) is 3.67. The monoisotopic (exact) mass is 374 g/mol. The Hall–Kier alpha value is -2.34. The lowest BCUT2D eigenvalue weighted by Crippen LogP contribution is -2.34. The number of para-hydroxylation sites is 2. The van der Waals surface area contributed by atoms with Crippen LogP contribution in [0.1, 0.15) is 6.42 Å². The lowest BCUT2D eigenvalue weighted by atomic mass is 10.2. The van der Waals surface area contributed by atoms with Crippen LogP contribution in [0.25, 0.3) is 0 Å². The molecule has 2 aromatic rings. The first kappa shape index (κ1) is 15.6. The number of hydrogen-bond acceptors (Lipinski definition) is 4. The first-order valence-corrected chi connectivity index (χ1v) is 7.91. The van der Waals surface area contributed by atoms with Gasteiger partial charge in [-0.1, -0.05) is 28.1 Å². The van der Waals surface area contributed by atoms with E-state index in [4.69, 9.17) is 4.74 Å². The summed E-state index contributed by atoms with van der Waals surface area (Å²) in [5, 5.41) is 3.11. The summed E-state index contributed by atoms with van der Waals surface area (Å²) in [5.74, 6) is 0.155. The summed E-state index contributed by atoms with van der Waals surface area (Å²) in [6.07, 6.45) is 0.118. The number of carbonyl (C=O) groups excluding carboxylic acids is 2. The van der Waals surface area contributed by atoms with E-state index in [0.29, 0.717) is 17.1 Å². The molecule has 1 atom stereocenters. The third-order valence-corrected chi connectivity index (χ3v) is 4.20. The molecule has 1 heterocycles. The van der Waals surface area contributed by atoms with Crippen molar-refractivity contribution in [3.8, 4) is 5.75 Å². The van der Waals surface area contributed by atoms with Gasteiger partial charge in [-0.3, -0.25) is 9.59 Å². The molecule has 2 aromatic carbocycles. The van der Waals surface area contributed by atoms with Crippen LogP contribution in [0.5, 0.6) is 5.75 Å². The zero-order chi connectivity index (χ0) is 16.4. The summed E-state index contributed by atoms with van der Waals surface area (Å²) in [4.78, 5) is 26.1. The molecule has 1 aliphatic rings. The number of benzene rings is 2. The minimum atomic E-state index is -0.595. The molecular weight excluding hydrogens is 360 g/mol. The Kier molecular flexibility index (Phi) is 4.34. The number of carbonyl (C=O) groups is 2. The number of nitrogens with one attached hydrogen (secondary N) is 1. The van der Waals surface area contributed by atoms with Crippen LogP contribution in [0, 0.1) is 0 Å². The Bertz CT molecular complexity index is 746. The number of halogens is 1. The predicted molar refractivity (Wildman–Crippen MR) is 91.7 cm³/mol. The minimum Gasteiger partial charge on any atom is -0.495 e. The molecule has 2 amide bonds. The Morgan fingerprint density at radius 1 is 1.13 bits per heavy atom. The minimum absolute atomic E-state index is 0.118. The molecule has 0 saturated carbocycles. The molecule has 0 aliphatic carbocycles. The van der Waals surface area contributed by atoms with Crippen molar-refractivity contribution in [2.45, 2.75) is 12.5 Å². The summed E-state index contributed by atoms with van der Waals surface area (Å²) >= 11 is 3.34. The van der Waals surface area contributed by atoms with Crippen molar-refractivity contribution < 1.29 is 14.3 Å². The van der Waals surface area contributed by atoms with Crippen molar-refractivity contribution >= 4 is 39.1 Å². The van der Waals surface area contributed by atoms with Crippen LogP contribution in [0.2, 0.25) is 0 Å². The van der Waals surface area contributed by atoms with Crippen LogP contribution in [0.15, 0.2) is 53.0 Å². The van der Waals surface area contributed by atoms with Crippen LogP contribution in [0.4, 0.5) is 11.4 Å². The fraction of sp³-hybridized carbons (Fsp3) is 0.176. The summed E-state index contributed by atoms with van der Waals surface area (Å²) in [6, 6.07) is 13.8. The lowest BCUT2D eigenvalue weighted by molar-refractivity contribution is -0.121. The Morgan fingerprint density at radius 3 is 2.52 bits per heavy atom. The Morgan fingerprint density at radius 2 is 1.83 bits per heavy atom. The second kappa shape index (κ2) is 6.42. The van der Waals surface area contributed by atoms with Crippen LogP contribution in [-0.2, 0) is 9.59 Å². The van der Waals surface area contributed by atoms with Gasteiger partial charge < -0.3 is 10.1 Å². The van der Waals surface area contributed by atoms with Gasteiger partial charge in [0.05, 0.1) is 24.9 Å². The second-order valence-electron chi connectivity index (χ2n) is 5.15. The molecule has 0 unspecified atom stereocenters. The number of methoxy groups -OCH3 is 1. The highest BCUT2D eigenvalue weighted by Gasteiger charge is 2.39. The van der Waals surface area contributed by atoms with Gasteiger partial charge in [0.1, 0.15) is 11.8 Å². The fourth-order valence-corrected chi connectivity index (χ4v) is 2.82. The van der Waals surface area contributed by atoms with Gasteiger partial charge in [0, 0.05) is 4.47 Å². The summed E-state index contributed by atoms with van der Waals surface area (Å²) in [6.45, 7) is 0. The molecular formula is C17H15BrN2O3. The van der Waals surface area contributed by atoms with E-state index in [2.05, 4.69) is 21.2 Å². The number of amides is 2. The largest absolute Gasteiger partial charge is 0.495 e. The topological polar surface area (TPSA) is 58.6 Å². The highest BCUT2D eigenvalue weighted by Crippen LogP contribution is 2.29. The maximum Gasteiger partial charge on any atom is 0.256 e. The van der Waals surface area contributed by atoms with Gasteiger partial charge in [-0.15, -0.1) is 0 Å². The van der Waals surface area contributed by atoms with E-state index in [-0.39, 0.29) is 18.2 Å². The molecule has 0 radical (unpaired) electrons. The maximum absolute atomic E-state index is 12.6. The van der Waals surface area contributed by atoms with Crippen molar-refractivity contribution in [2.24, 2.45) is 0 Å². The van der Waals surface area contributed by atoms with E-state index in [1.54, 1.807) is 37.4 Å². The average Bonchev–Trinajstić information content (AvgIpc) is 2.83. The van der Waals surface area contributed by atoms with Gasteiger partial charge in [0.25, 0.3) is 5.91 Å². The second-order valence-corrected chi connectivity index (χ2v) is 6.06. The molecule has 0 aromatic heterocycles. The smallest absolute Gasteiger partial charge is 0.256 e. The lowest BCUT2D eigenvalue weighted by Gasteiger charge is -2.17. The first-order valence-electron chi connectivity index (χ1n) is 7.12.